The van der Waals surface area contributed by atoms with Crippen molar-refractivity contribution in [1.29, 1.82) is 0 Å². The largest absolute Gasteiger partial charge is 0.453 e. The van der Waals surface area contributed by atoms with E-state index in [2.05, 4.69) is 57.0 Å². The third kappa shape index (κ3) is 6.64. The summed E-state index contributed by atoms with van der Waals surface area (Å²) >= 11 is 0. The Kier molecular flexibility index (Phi) is 10.3. The molecule has 3 aliphatic carbocycles. The number of carbonyl (C=O) groups excluding carboxylic acids is 4. The fourth-order valence-electron chi connectivity index (χ4n) is 10.4. The highest BCUT2D eigenvalue weighted by Gasteiger charge is 2.52. The molecule has 60 heavy (non-hydrogen) atoms. The summed E-state index contributed by atoms with van der Waals surface area (Å²) in [4.78, 5) is 72.0. The van der Waals surface area contributed by atoms with Crippen molar-refractivity contribution in [3.8, 4) is 33.6 Å². The highest BCUT2D eigenvalue weighted by Crippen LogP contribution is 2.69. The lowest BCUT2D eigenvalue weighted by Gasteiger charge is -2.41. The van der Waals surface area contributed by atoms with Crippen molar-refractivity contribution in [2.24, 2.45) is 11.8 Å². The second-order valence-corrected chi connectivity index (χ2v) is 17.6. The van der Waals surface area contributed by atoms with Crippen LogP contribution >= 0.6 is 0 Å². The van der Waals surface area contributed by atoms with Crippen molar-refractivity contribution in [1.82, 2.24) is 40.4 Å². The number of amides is 4. The van der Waals surface area contributed by atoms with Crippen LogP contribution in [0.15, 0.2) is 59.9 Å². The minimum absolute atomic E-state index is 0.104. The van der Waals surface area contributed by atoms with Crippen molar-refractivity contribution in [3.63, 3.8) is 0 Å². The van der Waals surface area contributed by atoms with Crippen LogP contribution in [0, 0.1) is 11.8 Å². The molecule has 0 spiro atoms. The number of alkyl carbamates (subject to hydrolysis) is 2. The van der Waals surface area contributed by atoms with Crippen molar-refractivity contribution >= 4 is 24.0 Å². The number of aromatic nitrogens is 4. The molecule has 0 saturated carbocycles. The summed E-state index contributed by atoms with van der Waals surface area (Å²) in [5.41, 5.74) is 12.5. The molecule has 4 aromatic rings. The van der Waals surface area contributed by atoms with Gasteiger partial charge in [-0.1, -0.05) is 75.2 Å². The molecular formula is C46H54N8O6. The predicted octanol–water partition coefficient (Wildman–Crippen LogP) is 7.51. The number of hydrogen-bond donors (Lipinski definition) is 4. The molecule has 0 bridgehead atoms. The third-order valence-corrected chi connectivity index (χ3v) is 13.5. The maximum absolute atomic E-state index is 13.8. The van der Waals surface area contributed by atoms with Gasteiger partial charge < -0.3 is 39.9 Å². The van der Waals surface area contributed by atoms with E-state index < -0.39 is 24.3 Å². The maximum Gasteiger partial charge on any atom is 0.407 e. The Balaban J connectivity index is 0.954. The molecule has 14 nitrogen and oxygen atoms in total. The number of rotatable bonds is 11. The Labute approximate surface area is 349 Å². The molecule has 2 aromatic heterocycles. The van der Waals surface area contributed by atoms with E-state index in [0.29, 0.717) is 24.9 Å². The molecule has 5 aliphatic rings. The van der Waals surface area contributed by atoms with Crippen LogP contribution in [0.5, 0.6) is 0 Å². The Morgan fingerprint density at radius 3 is 1.63 bits per heavy atom. The number of imidazole rings is 2. The zero-order valence-electron chi connectivity index (χ0n) is 35.1. The highest BCUT2D eigenvalue weighted by atomic mass is 16.5. The first-order valence-corrected chi connectivity index (χ1v) is 21.4. The van der Waals surface area contributed by atoms with Crippen LogP contribution in [0.4, 0.5) is 9.59 Å². The van der Waals surface area contributed by atoms with Crippen molar-refractivity contribution < 1.29 is 28.7 Å². The van der Waals surface area contributed by atoms with E-state index in [1.807, 2.05) is 49.9 Å². The minimum Gasteiger partial charge on any atom is -0.453 e. The third-order valence-electron chi connectivity index (χ3n) is 13.5. The number of methoxy groups -OCH3 is 2. The Hall–Kier alpha value is -5.92. The maximum atomic E-state index is 13.8. The van der Waals surface area contributed by atoms with Gasteiger partial charge in [-0.2, -0.15) is 0 Å². The summed E-state index contributed by atoms with van der Waals surface area (Å²) in [5.74, 6) is 1.91. The Bertz CT molecular complexity index is 2380. The number of H-pyrrole nitrogens is 2. The molecule has 9 rings (SSSR count). The topological polar surface area (TPSA) is 175 Å². The van der Waals surface area contributed by atoms with Gasteiger partial charge in [-0.05, 0) is 78.2 Å². The first-order valence-electron chi connectivity index (χ1n) is 21.4. The molecule has 2 unspecified atom stereocenters. The number of allylic oxidation sites excluding steroid dienone is 2. The van der Waals surface area contributed by atoms with Crippen LogP contribution in [0.25, 0.3) is 33.6 Å². The zero-order valence-corrected chi connectivity index (χ0v) is 35.1. The number of hydrogen-bond acceptors (Lipinski definition) is 8. The van der Waals surface area contributed by atoms with E-state index in [9.17, 15) is 19.2 Å². The molecule has 4 N–H and O–H groups in total. The minimum atomic E-state index is -0.687. The Morgan fingerprint density at radius 2 is 1.13 bits per heavy atom. The van der Waals surface area contributed by atoms with E-state index in [4.69, 9.17) is 19.4 Å². The second-order valence-electron chi connectivity index (χ2n) is 17.6. The van der Waals surface area contributed by atoms with Crippen LogP contribution in [-0.4, -0.2) is 93.1 Å². The number of nitrogens with one attached hydrogen (secondary N) is 4. The molecule has 2 fully saturated rings. The van der Waals surface area contributed by atoms with Crippen LogP contribution in [-0.2, 0) is 19.1 Å². The van der Waals surface area contributed by atoms with E-state index in [1.165, 1.54) is 36.5 Å². The van der Waals surface area contributed by atoms with Crippen LogP contribution in [0.1, 0.15) is 113 Å². The average Bonchev–Trinajstić information content (AvgIpc) is 4.09. The number of carbonyl (C=O) groups is 4. The van der Waals surface area contributed by atoms with Crippen molar-refractivity contribution in [2.45, 2.75) is 102 Å². The standard InChI is InChI=1S/C46H54N8O6/c1-23(2)39(51-45(57)59-5)43(55)53-17-7-9-34(53)41-47-21-32(49-41)26-13-11-25(12-14-26)28-15-16-29(38-31-20-27-19-30(36(27)31)37(28)38)33-22-48-42(50-33)35-10-8-18-54(35)44(56)40(24(3)4)52-46(58)60-6/h11-16,21-24,30-31,34-35,39-40H,7-10,17-20H2,1-6H3,(H,47,49)(H,48,50)(H,51,57)(H,52,58)/t30?,31?,34-,35-,39-,40-/m0/s1. The molecule has 6 atom stereocenters. The van der Waals surface area contributed by atoms with Crippen LogP contribution in [0.3, 0.4) is 0 Å². The van der Waals surface area contributed by atoms with Gasteiger partial charge in [0.05, 0.1) is 50.1 Å². The lowest BCUT2D eigenvalue weighted by Crippen LogP contribution is -2.51. The van der Waals surface area contributed by atoms with Gasteiger partial charge >= 0.3 is 12.2 Å². The van der Waals surface area contributed by atoms with Crippen LogP contribution < -0.4 is 10.6 Å². The molecule has 2 saturated heterocycles. The van der Waals surface area contributed by atoms with E-state index in [1.54, 1.807) is 11.1 Å². The lowest BCUT2D eigenvalue weighted by molar-refractivity contribution is -0.136. The van der Waals surface area contributed by atoms with Gasteiger partial charge in [0.25, 0.3) is 0 Å². The molecule has 2 aliphatic heterocycles. The highest BCUT2D eigenvalue weighted by molar-refractivity contribution is 5.88. The van der Waals surface area contributed by atoms with Gasteiger partial charge in [0, 0.05) is 30.5 Å². The zero-order chi connectivity index (χ0) is 42.0. The fourth-order valence-corrected chi connectivity index (χ4v) is 10.4. The summed E-state index contributed by atoms with van der Waals surface area (Å²) in [6.07, 6.45) is 8.04. The van der Waals surface area contributed by atoms with Gasteiger partial charge in [-0.25, -0.2) is 19.6 Å². The molecule has 4 heterocycles. The van der Waals surface area contributed by atoms with Gasteiger partial charge in [0.1, 0.15) is 23.7 Å². The average molecular weight is 815 g/mol. The summed E-state index contributed by atoms with van der Waals surface area (Å²) in [6, 6.07) is 11.3. The normalized spacial score (nSPS) is 22.3. The number of aromatic amines is 2. The number of nitrogens with zero attached hydrogens (tertiary/aromatic N) is 4. The van der Waals surface area contributed by atoms with Gasteiger partial charge in [-0.15, -0.1) is 0 Å². The summed E-state index contributed by atoms with van der Waals surface area (Å²) < 4.78 is 9.60. The Morgan fingerprint density at radius 1 is 0.667 bits per heavy atom. The summed E-state index contributed by atoms with van der Waals surface area (Å²) in [5, 5.41) is 5.46. The number of likely N-dealkylation sites (tertiary alicyclic amines) is 2. The number of ether oxygens (including phenoxy) is 2. The molecule has 314 valence electrons. The number of benzene rings is 2. The molecular weight excluding hydrogens is 761 g/mol. The van der Waals surface area contributed by atoms with Crippen molar-refractivity contribution in [2.75, 3.05) is 27.3 Å². The predicted molar refractivity (Wildman–Crippen MR) is 224 cm³/mol. The van der Waals surface area contributed by atoms with E-state index >= 15 is 0 Å². The number of fused-ring (bicyclic) bond motifs is 3. The second kappa shape index (κ2) is 15.6. The van der Waals surface area contributed by atoms with Gasteiger partial charge in [-0.3, -0.25) is 9.59 Å². The SMILES string of the molecule is COC(=O)N[C@H](C(=O)N1CCC[C@H]1c1ncc(-c2ccc(-c3ccc(-c4cnc([C@@H]5CCCN5C(=O)[C@@H](NC(=O)OC)C(C)C)[nH]4)c4c3C3CC5=C3C4C5)cc2)[nH]1)C(C)C. The van der Waals surface area contributed by atoms with E-state index in [0.717, 1.165) is 72.7 Å². The van der Waals surface area contributed by atoms with Gasteiger partial charge in [0.2, 0.25) is 11.8 Å². The summed E-state index contributed by atoms with van der Waals surface area (Å²) in [7, 11) is 2.60. The smallest absolute Gasteiger partial charge is 0.407 e. The van der Waals surface area contributed by atoms with Crippen molar-refractivity contribution in [3.05, 3.63) is 82.7 Å². The van der Waals surface area contributed by atoms with E-state index in [-0.39, 0.29) is 35.7 Å². The fraction of sp³-hybridized carbons (Fsp3) is 0.478. The quantitative estimate of drug-likeness (QED) is 0.113. The monoisotopic (exact) mass is 814 g/mol. The molecule has 14 heteroatoms. The first kappa shape index (κ1) is 39.5. The summed E-state index contributed by atoms with van der Waals surface area (Å²) in [6.45, 7) is 8.87. The lowest BCUT2D eigenvalue weighted by atomic mass is 9.63. The first-order chi connectivity index (χ1) is 29.0. The van der Waals surface area contributed by atoms with Crippen LogP contribution in [0.2, 0.25) is 0 Å². The van der Waals surface area contributed by atoms with Gasteiger partial charge in [0.15, 0.2) is 0 Å². The molecule has 2 aromatic carbocycles. The molecule has 4 amide bonds. The molecule has 0 radical (unpaired) electrons.